The van der Waals surface area contributed by atoms with Crippen LogP contribution in [-0.2, 0) is 4.79 Å². The van der Waals surface area contributed by atoms with Crippen molar-refractivity contribution in [2.45, 2.75) is 45.7 Å². The Morgan fingerprint density at radius 3 is 2.63 bits per heavy atom. The Kier molecular flexibility index (Phi) is 6.09. The molecule has 0 aliphatic carbocycles. The molecule has 2 N–H and O–H groups in total. The third-order valence-corrected chi connectivity index (χ3v) is 2.97. The average molecular weight is 287 g/mol. The molecule has 0 saturated carbocycles. The van der Waals surface area contributed by atoms with Crippen molar-refractivity contribution >= 4 is 23.2 Å². The zero-order chi connectivity index (χ0) is 14.4. The number of hydrogen-bond acceptors (Lipinski definition) is 2. The second-order valence-corrected chi connectivity index (χ2v) is 5.16. The Bertz CT molecular complexity index is 419. The molecule has 19 heavy (non-hydrogen) atoms. The zero-order valence-corrected chi connectivity index (χ0v) is 12.2. The molecule has 0 fully saturated rings. The van der Waals surface area contributed by atoms with Crippen LogP contribution in [0.1, 0.15) is 33.6 Å². The highest BCUT2D eigenvalue weighted by Gasteiger charge is 2.15. The molecule has 0 radical (unpaired) electrons. The Balaban J connectivity index is 2.58. The normalized spacial score (nSPS) is 13.7. The number of halogens is 2. The maximum absolute atomic E-state index is 13.2. The summed E-state index contributed by atoms with van der Waals surface area (Å²) in [6.07, 6.45) is 1.95. The number of anilines is 1. The quantitative estimate of drug-likeness (QED) is 0.839. The lowest BCUT2D eigenvalue weighted by molar-refractivity contribution is -0.122. The highest BCUT2D eigenvalue weighted by Crippen LogP contribution is 2.18. The summed E-state index contributed by atoms with van der Waals surface area (Å²) in [5.74, 6) is -0.539. The van der Waals surface area contributed by atoms with Gasteiger partial charge in [0.15, 0.2) is 0 Å². The van der Waals surface area contributed by atoms with Crippen molar-refractivity contribution < 1.29 is 9.18 Å². The smallest absolute Gasteiger partial charge is 0.242 e. The van der Waals surface area contributed by atoms with E-state index >= 15 is 0 Å². The van der Waals surface area contributed by atoms with Crippen molar-refractivity contribution in [3.8, 4) is 0 Å². The molecule has 5 heteroatoms. The van der Waals surface area contributed by atoms with Gasteiger partial charge < -0.3 is 10.6 Å². The van der Waals surface area contributed by atoms with Crippen LogP contribution in [0.2, 0.25) is 5.02 Å². The molecule has 106 valence electrons. The van der Waals surface area contributed by atoms with Gasteiger partial charge in [-0.15, -0.1) is 0 Å². The average Bonchev–Trinajstić information content (AvgIpc) is 2.27. The molecule has 0 saturated heterocycles. The molecule has 0 bridgehead atoms. The van der Waals surface area contributed by atoms with Crippen LogP contribution >= 0.6 is 11.6 Å². The SMILES string of the molecule is CCCC(C)NC(=O)C(C)Nc1cc(F)cc(Cl)c1. The van der Waals surface area contributed by atoms with Crippen molar-refractivity contribution in [3.05, 3.63) is 29.0 Å². The minimum atomic E-state index is -0.447. The first kappa shape index (κ1) is 15.8. The summed E-state index contributed by atoms with van der Waals surface area (Å²) in [6, 6.07) is 3.81. The molecule has 0 spiro atoms. The molecule has 1 rings (SSSR count). The minimum absolute atomic E-state index is 0.110. The van der Waals surface area contributed by atoms with Crippen LogP contribution in [0.5, 0.6) is 0 Å². The molecule has 0 aliphatic rings. The summed E-state index contributed by atoms with van der Waals surface area (Å²) in [7, 11) is 0. The van der Waals surface area contributed by atoms with E-state index in [1.54, 1.807) is 13.0 Å². The van der Waals surface area contributed by atoms with E-state index in [0.717, 1.165) is 12.8 Å². The van der Waals surface area contributed by atoms with Gasteiger partial charge in [-0.05, 0) is 38.5 Å². The summed E-state index contributed by atoms with van der Waals surface area (Å²) in [5, 5.41) is 6.14. The van der Waals surface area contributed by atoms with Crippen molar-refractivity contribution in [3.63, 3.8) is 0 Å². The van der Waals surface area contributed by atoms with Crippen molar-refractivity contribution in [1.29, 1.82) is 0 Å². The fourth-order valence-corrected chi connectivity index (χ4v) is 2.05. The third kappa shape index (κ3) is 5.47. The Labute approximate surface area is 118 Å². The van der Waals surface area contributed by atoms with E-state index in [9.17, 15) is 9.18 Å². The van der Waals surface area contributed by atoms with E-state index < -0.39 is 11.9 Å². The van der Waals surface area contributed by atoms with E-state index in [4.69, 9.17) is 11.6 Å². The molecule has 0 aliphatic heterocycles. The van der Waals surface area contributed by atoms with E-state index in [1.807, 2.05) is 6.92 Å². The predicted molar refractivity (Wildman–Crippen MR) is 77.0 cm³/mol. The maximum atomic E-state index is 13.2. The van der Waals surface area contributed by atoms with Gasteiger partial charge in [-0.3, -0.25) is 4.79 Å². The predicted octanol–water partition coefficient (Wildman–Crippen LogP) is 3.58. The topological polar surface area (TPSA) is 41.1 Å². The van der Waals surface area contributed by atoms with Crippen LogP contribution < -0.4 is 10.6 Å². The minimum Gasteiger partial charge on any atom is -0.374 e. The van der Waals surface area contributed by atoms with E-state index in [1.165, 1.54) is 12.1 Å². The first-order valence-corrected chi connectivity index (χ1v) is 6.83. The highest BCUT2D eigenvalue weighted by atomic mass is 35.5. The largest absolute Gasteiger partial charge is 0.374 e. The van der Waals surface area contributed by atoms with E-state index in [2.05, 4.69) is 17.6 Å². The van der Waals surface area contributed by atoms with Crippen molar-refractivity contribution in [1.82, 2.24) is 5.32 Å². The van der Waals surface area contributed by atoms with Gasteiger partial charge in [0.05, 0.1) is 0 Å². The maximum Gasteiger partial charge on any atom is 0.242 e. The molecule has 3 nitrogen and oxygen atoms in total. The van der Waals surface area contributed by atoms with E-state index in [0.29, 0.717) is 10.7 Å². The van der Waals surface area contributed by atoms with Crippen molar-refractivity contribution in [2.24, 2.45) is 0 Å². The van der Waals surface area contributed by atoms with Crippen LogP contribution in [0.4, 0.5) is 10.1 Å². The number of amides is 1. The lowest BCUT2D eigenvalue weighted by Crippen LogP contribution is -2.42. The van der Waals surface area contributed by atoms with Gasteiger partial charge in [-0.1, -0.05) is 24.9 Å². The van der Waals surface area contributed by atoms with Gasteiger partial charge in [0.2, 0.25) is 5.91 Å². The van der Waals surface area contributed by atoms with Gasteiger partial charge in [0.25, 0.3) is 0 Å². The summed E-state index contributed by atoms with van der Waals surface area (Å²) in [5.41, 5.74) is 0.496. The third-order valence-electron chi connectivity index (χ3n) is 2.75. The number of carbonyl (C=O) groups is 1. The molecule has 0 heterocycles. The van der Waals surface area contributed by atoms with Crippen LogP contribution in [0.25, 0.3) is 0 Å². The van der Waals surface area contributed by atoms with Gasteiger partial charge >= 0.3 is 0 Å². The zero-order valence-electron chi connectivity index (χ0n) is 11.5. The first-order valence-electron chi connectivity index (χ1n) is 6.45. The fourth-order valence-electron chi connectivity index (χ4n) is 1.83. The van der Waals surface area contributed by atoms with Crippen LogP contribution in [-0.4, -0.2) is 18.0 Å². The Hall–Kier alpha value is -1.29. The summed E-state index contributed by atoms with van der Waals surface area (Å²) in [4.78, 5) is 11.9. The lowest BCUT2D eigenvalue weighted by Gasteiger charge is -2.19. The molecule has 1 amide bonds. The number of hydrogen-bond donors (Lipinski definition) is 2. The summed E-state index contributed by atoms with van der Waals surface area (Å²) >= 11 is 5.76. The number of nitrogens with one attached hydrogen (secondary N) is 2. The molecule has 2 unspecified atom stereocenters. The molecule has 1 aromatic rings. The molecular weight excluding hydrogens is 267 g/mol. The highest BCUT2D eigenvalue weighted by molar-refractivity contribution is 6.30. The van der Waals surface area contributed by atoms with Gasteiger partial charge in [-0.2, -0.15) is 0 Å². The second-order valence-electron chi connectivity index (χ2n) is 4.72. The molecular formula is C14H20ClFN2O. The standard InChI is InChI=1S/C14H20ClFN2O/c1-4-5-9(2)17-14(19)10(3)18-13-7-11(15)6-12(16)8-13/h6-10,18H,4-5H2,1-3H3,(H,17,19). The van der Waals surface area contributed by atoms with Gasteiger partial charge in [0.1, 0.15) is 11.9 Å². The molecule has 1 aromatic carbocycles. The van der Waals surface area contributed by atoms with Crippen LogP contribution in [0.15, 0.2) is 18.2 Å². The monoisotopic (exact) mass is 286 g/mol. The van der Waals surface area contributed by atoms with Crippen molar-refractivity contribution in [2.75, 3.05) is 5.32 Å². The Morgan fingerprint density at radius 2 is 2.05 bits per heavy atom. The Morgan fingerprint density at radius 1 is 1.37 bits per heavy atom. The number of benzene rings is 1. The number of rotatable bonds is 6. The van der Waals surface area contributed by atoms with Crippen LogP contribution in [0, 0.1) is 5.82 Å². The van der Waals surface area contributed by atoms with E-state index in [-0.39, 0.29) is 11.9 Å². The van der Waals surface area contributed by atoms with Crippen LogP contribution in [0.3, 0.4) is 0 Å². The number of carbonyl (C=O) groups excluding carboxylic acids is 1. The summed E-state index contributed by atoms with van der Waals surface area (Å²) < 4.78 is 13.2. The first-order chi connectivity index (χ1) is 8.92. The lowest BCUT2D eigenvalue weighted by atomic mass is 10.2. The van der Waals surface area contributed by atoms with Gasteiger partial charge in [0, 0.05) is 16.8 Å². The molecule has 0 aromatic heterocycles. The molecule has 2 atom stereocenters. The van der Waals surface area contributed by atoms with Gasteiger partial charge in [-0.25, -0.2) is 4.39 Å². The summed E-state index contributed by atoms with van der Waals surface area (Å²) in [6.45, 7) is 5.76. The fraction of sp³-hybridized carbons (Fsp3) is 0.500. The second kappa shape index (κ2) is 7.34.